The van der Waals surface area contributed by atoms with Crippen LogP contribution < -0.4 is 10.2 Å². The number of pyridine rings is 3. The van der Waals surface area contributed by atoms with E-state index in [9.17, 15) is 4.79 Å². The topological polar surface area (TPSA) is 92.1 Å². The van der Waals surface area contributed by atoms with E-state index in [1.807, 2.05) is 12.1 Å². The molecule has 168 valence electrons. The van der Waals surface area contributed by atoms with Crippen LogP contribution in [0.15, 0.2) is 55.2 Å². The summed E-state index contributed by atoms with van der Waals surface area (Å²) in [7, 11) is 19.2. The van der Waals surface area contributed by atoms with Crippen molar-refractivity contribution in [2.75, 3.05) is 43.4 Å². The molecule has 9 nitrogen and oxygen atoms in total. The molecule has 0 bridgehead atoms. The maximum Gasteiger partial charge on any atom is 0.257 e. The highest BCUT2D eigenvalue weighted by Crippen LogP contribution is 2.24. The van der Waals surface area contributed by atoms with Gasteiger partial charge in [-0.25, -0.2) is 9.97 Å². The number of hydrogen-bond donors (Lipinski definition) is 1. The van der Waals surface area contributed by atoms with E-state index >= 15 is 0 Å². The van der Waals surface area contributed by atoms with Crippen LogP contribution in [0.3, 0.4) is 0 Å². The van der Waals surface area contributed by atoms with Crippen LogP contribution in [0.4, 0.5) is 11.6 Å². The minimum atomic E-state index is -1.60. The molecule has 4 aromatic rings. The van der Waals surface area contributed by atoms with Gasteiger partial charge >= 0.3 is 0 Å². The van der Waals surface area contributed by atoms with E-state index in [4.69, 9.17) is 23.5 Å². The molecular weight excluding hydrogens is 437 g/mol. The van der Waals surface area contributed by atoms with Gasteiger partial charge in [-0.1, -0.05) is 0 Å². The summed E-state index contributed by atoms with van der Waals surface area (Å²) in [6, 6.07) is 7.18. The molecule has 1 saturated heterocycles. The molecule has 4 aromatic heterocycles. The Kier molecular flexibility index (Phi) is 6.06. The van der Waals surface area contributed by atoms with Crippen molar-refractivity contribution in [2.24, 2.45) is 0 Å². The van der Waals surface area contributed by atoms with Crippen molar-refractivity contribution in [3.8, 4) is 11.3 Å². The maximum atomic E-state index is 13.0. The van der Waals surface area contributed by atoms with Crippen molar-refractivity contribution in [1.29, 1.82) is 0 Å². The lowest BCUT2D eigenvalue weighted by Crippen LogP contribution is -2.44. The number of nitrogens with zero attached hydrogens (tertiary/aromatic N) is 7. The van der Waals surface area contributed by atoms with Crippen LogP contribution >= 0.6 is 0 Å². The first kappa shape index (κ1) is 23.1. The molecule has 1 N–H and O–H groups in total. The Morgan fingerprint density at radius 1 is 0.971 bits per heavy atom. The molecule has 0 aromatic carbocycles. The van der Waals surface area contributed by atoms with Crippen molar-refractivity contribution in [2.45, 2.75) is 5.24 Å². The molecule has 0 atom stereocenters. The van der Waals surface area contributed by atoms with E-state index in [-0.39, 0.29) is 5.91 Å². The van der Waals surface area contributed by atoms with Gasteiger partial charge < -0.3 is 15.1 Å². The second-order valence-corrected chi connectivity index (χ2v) is 8.69. The Balaban J connectivity index is 1.35. The lowest BCUT2D eigenvalue weighted by Gasteiger charge is -2.33. The number of anilines is 2. The Hall–Kier alpha value is -3.66. The SMILES string of the molecule is [B]C([B])([B])n1cc(-c2cc3cc(NC(=O)c4ccnc(N5CCN(C)CC5)c4)ncc3cn2)cn1. The Bertz CT molecular complexity index is 1380. The van der Waals surface area contributed by atoms with Gasteiger partial charge in [-0.15, -0.1) is 0 Å². The zero-order valence-corrected chi connectivity index (χ0v) is 19.3. The number of likely N-dealkylation sites (N-methyl/N-ethyl adjacent to an activating group) is 1. The van der Waals surface area contributed by atoms with Gasteiger partial charge in [0, 0.05) is 67.5 Å². The van der Waals surface area contributed by atoms with Crippen LogP contribution in [-0.2, 0) is 5.24 Å². The maximum absolute atomic E-state index is 13.0. The number of fused-ring (bicyclic) bond motifs is 1. The average Bonchev–Trinajstić information content (AvgIpc) is 3.35. The summed E-state index contributed by atoms with van der Waals surface area (Å²) in [6.45, 7) is 3.67. The lowest BCUT2D eigenvalue weighted by atomic mass is 9.49. The van der Waals surface area contributed by atoms with Gasteiger partial charge in [0.25, 0.3) is 5.91 Å². The Labute approximate surface area is 207 Å². The van der Waals surface area contributed by atoms with Gasteiger partial charge in [0.1, 0.15) is 11.6 Å². The fraction of sp³-hybridized carbons (Fsp3) is 0.261. The highest BCUT2D eigenvalue weighted by molar-refractivity contribution is 6.56. The van der Waals surface area contributed by atoms with Crippen LogP contribution in [0.1, 0.15) is 10.4 Å². The van der Waals surface area contributed by atoms with Gasteiger partial charge in [-0.3, -0.25) is 14.5 Å². The molecule has 12 heteroatoms. The fourth-order valence-electron chi connectivity index (χ4n) is 3.89. The molecule has 0 saturated carbocycles. The van der Waals surface area contributed by atoms with E-state index in [2.05, 4.69) is 42.2 Å². The molecule has 5 heterocycles. The van der Waals surface area contributed by atoms with Crippen LogP contribution in [-0.4, -0.2) is 92.3 Å². The number of aromatic nitrogens is 5. The van der Waals surface area contributed by atoms with Crippen LogP contribution in [0.2, 0.25) is 0 Å². The lowest BCUT2D eigenvalue weighted by molar-refractivity contribution is 0.102. The van der Waals surface area contributed by atoms with E-state index in [0.717, 1.165) is 42.8 Å². The molecule has 1 aliphatic heterocycles. The van der Waals surface area contributed by atoms with Crippen LogP contribution in [0.5, 0.6) is 0 Å². The van der Waals surface area contributed by atoms with Crippen molar-refractivity contribution in [3.63, 3.8) is 0 Å². The summed E-state index contributed by atoms with van der Waals surface area (Å²) in [5.41, 5.74) is 1.88. The summed E-state index contributed by atoms with van der Waals surface area (Å²) >= 11 is 0. The van der Waals surface area contributed by atoms with Gasteiger partial charge in [0.15, 0.2) is 0 Å². The smallest absolute Gasteiger partial charge is 0.257 e. The van der Waals surface area contributed by atoms with Crippen LogP contribution in [0, 0.1) is 0 Å². The molecule has 5 rings (SSSR count). The summed E-state index contributed by atoms with van der Waals surface area (Å²) in [4.78, 5) is 30.7. The first-order chi connectivity index (χ1) is 16.8. The van der Waals surface area contributed by atoms with Gasteiger partial charge in [-0.2, -0.15) is 5.10 Å². The molecular formula is C23H21B3N8O. The summed E-state index contributed by atoms with van der Waals surface area (Å²) in [5.74, 6) is 0.971. The molecule has 1 aliphatic rings. The van der Waals surface area contributed by atoms with E-state index < -0.39 is 5.24 Å². The number of carbonyl (C=O) groups excluding carboxylic acids is 1. The van der Waals surface area contributed by atoms with E-state index in [0.29, 0.717) is 22.6 Å². The standard InChI is InChI=1S/C23H21B3N8O/c1-32-4-6-33(7-5-32)21-10-15(2-3-27-21)22(35)31-20-9-16-8-19(28-11-17(16)12-29-20)18-13-30-34(14-18)23(24,25)26/h2-3,8-14H,4-7H2,1H3,(H,29,31,35). The van der Waals surface area contributed by atoms with Crippen molar-refractivity contribution in [1.82, 2.24) is 29.6 Å². The normalized spacial score (nSPS) is 14.8. The number of hydrogen-bond acceptors (Lipinski definition) is 7. The minimum Gasteiger partial charge on any atom is -0.354 e. The van der Waals surface area contributed by atoms with Crippen molar-refractivity contribution < 1.29 is 4.79 Å². The van der Waals surface area contributed by atoms with Crippen molar-refractivity contribution >= 4 is 51.9 Å². The van der Waals surface area contributed by atoms with E-state index in [1.165, 1.54) is 4.68 Å². The number of nitrogens with one attached hydrogen (secondary N) is 1. The third kappa shape index (κ3) is 5.07. The second-order valence-electron chi connectivity index (χ2n) is 8.69. The Morgan fingerprint density at radius 3 is 2.49 bits per heavy atom. The molecule has 0 aliphatic carbocycles. The third-order valence-corrected chi connectivity index (χ3v) is 5.95. The van der Waals surface area contributed by atoms with Crippen molar-refractivity contribution in [3.05, 3.63) is 60.8 Å². The zero-order valence-electron chi connectivity index (χ0n) is 19.3. The molecule has 0 unspecified atom stereocenters. The minimum absolute atomic E-state index is 0.254. The summed E-state index contributed by atoms with van der Waals surface area (Å²) in [5, 5.41) is 7.05. The predicted molar refractivity (Wildman–Crippen MR) is 138 cm³/mol. The highest BCUT2D eigenvalue weighted by atomic mass is 16.1. The average molecular weight is 458 g/mol. The first-order valence-electron chi connectivity index (χ1n) is 11.2. The molecule has 6 radical (unpaired) electrons. The molecule has 35 heavy (non-hydrogen) atoms. The second kappa shape index (κ2) is 9.18. The Morgan fingerprint density at radius 2 is 1.74 bits per heavy atom. The van der Waals surface area contributed by atoms with E-state index in [1.54, 1.807) is 43.1 Å². The molecule has 1 fully saturated rings. The van der Waals surface area contributed by atoms with Gasteiger partial charge in [0.05, 0.1) is 35.4 Å². The van der Waals surface area contributed by atoms with Gasteiger partial charge in [0.2, 0.25) is 0 Å². The summed E-state index contributed by atoms with van der Waals surface area (Å²) < 4.78 is 1.26. The zero-order chi connectivity index (χ0) is 24.6. The fourth-order valence-corrected chi connectivity index (χ4v) is 3.89. The third-order valence-electron chi connectivity index (χ3n) is 5.95. The highest BCUT2D eigenvalue weighted by Gasteiger charge is 2.17. The predicted octanol–water partition coefficient (Wildman–Crippen LogP) is 0.966. The number of carbonyl (C=O) groups is 1. The quantitative estimate of drug-likeness (QED) is 0.446. The molecule has 0 spiro atoms. The van der Waals surface area contributed by atoms with Gasteiger partial charge in [-0.05, 0) is 41.9 Å². The monoisotopic (exact) mass is 458 g/mol. The number of amides is 1. The number of piperazine rings is 1. The number of rotatable bonds is 5. The first-order valence-corrected chi connectivity index (χ1v) is 11.2. The summed E-state index contributed by atoms with van der Waals surface area (Å²) in [6.07, 6.45) is 8.23. The molecule has 1 amide bonds. The van der Waals surface area contributed by atoms with Crippen LogP contribution in [0.25, 0.3) is 22.0 Å². The largest absolute Gasteiger partial charge is 0.354 e.